The molecule has 5 heteroatoms. The molecule has 0 bridgehead atoms. The molecule has 0 heterocycles. The zero-order chi connectivity index (χ0) is 10.6. The minimum absolute atomic E-state index is 0.414. The molecule has 78 valence electrons. The number of halogens is 1. The number of rotatable bonds is 4. The van der Waals surface area contributed by atoms with Gasteiger partial charge in [-0.15, -0.1) is 0 Å². The monoisotopic (exact) mass is 215 g/mol. The summed E-state index contributed by atoms with van der Waals surface area (Å²) in [5.74, 6) is 5.86. The van der Waals surface area contributed by atoms with Crippen LogP contribution in [0.3, 0.4) is 0 Å². The summed E-state index contributed by atoms with van der Waals surface area (Å²) in [6, 6.07) is 5.33. The third kappa shape index (κ3) is 2.59. The van der Waals surface area contributed by atoms with E-state index in [1.54, 1.807) is 12.1 Å². The second-order valence-corrected chi connectivity index (χ2v) is 3.17. The molecule has 0 saturated carbocycles. The summed E-state index contributed by atoms with van der Waals surface area (Å²) in [6.45, 7) is 2.48. The molecule has 1 rings (SSSR count). The quantitative estimate of drug-likeness (QED) is 0.400. The van der Waals surface area contributed by atoms with Crippen LogP contribution in [-0.2, 0) is 0 Å². The Morgan fingerprint density at radius 2 is 2.29 bits per heavy atom. The summed E-state index contributed by atoms with van der Waals surface area (Å²) in [4.78, 5) is 0. The molecule has 14 heavy (non-hydrogen) atoms. The SMILES string of the molecule is CCOc1ccc(C(N)NN)cc1Cl. The van der Waals surface area contributed by atoms with Crippen LogP contribution in [0, 0.1) is 0 Å². The van der Waals surface area contributed by atoms with Gasteiger partial charge in [-0.25, -0.2) is 5.43 Å². The summed E-state index contributed by atoms with van der Waals surface area (Å²) in [7, 11) is 0. The number of ether oxygens (including phenoxy) is 1. The number of benzene rings is 1. The summed E-state index contributed by atoms with van der Waals surface area (Å²) >= 11 is 5.96. The second kappa shape index (κ2) is 5.17. The van der Waals surface area contributed by atoms with E-state index in [0.29, 0.717) is 17.4 Å². The normalized spacial score (nSPS) is 12.6. The number of hydrogen-bond acceptors (Lipinski definition) is 4. The maximum Gasteiger partial charge on any atom is 0.137 e. The first-order valence-electron chi connectivity index (χ1n) is 4.33. The number of hydrogen-bond donors (Lipinski definition) is 3. The Morgan fingerprint density at radius 1 is 1.57 bits per heavy atom. The highest BCUT2D eigenvalue weighted by molar-refractivity contribution is 6.32. The van der Waals surface area contributed by atoms with Gasteiger partial charge in [0.2, 0.25) is 0 Å². The molecular weight excluding hydrogens is 202 g/mol. The second-order valence-electron chi connectivity index (χ2n) is 2.77. The van der Waals surface area contributed by atoms with Crippen molar-refractivity contribution in [1.29, 1.82) is 0 Å². The summed E-state index contributed by atoms with van der Waals surface area (Å²) in [6.07, 6.45) is -0.414. The molecule has 0 aromatic heterocycles. The van der Waals surface area contributed by atoms with Gasteiger partial charge in [-0.05, 0) is 24.6 Å². The lowest BCUT2D eigenvalue weighted by Crippen LogP contribution is -2.34. The Balaban J connectivity index is 2.88. The molecule has 0 saturated heterocycles. The summed E-state index contributed by atoms with van der Waals surface area (Å²) in [5.41, 5.74) is 8.91. The van der Waals surface area contributed by atoms with Gasteiger partial charge in [0.25, 0.3) is 0 Å². The molecule has 1 aromatic rings. The van der Waals surface area contributed by atoms with E-state index in [0.717, 1.165) is 5.56 Å². The van der Waals surface area contributed by atoms with Gasteiger partial charge in [0.05, 0.1) is 17.8 Å². The molecule has 0 aliphatic rings. The van der Waals surface area contributed by atoms with Crippen LogP contribution >= 0.6 is 11.6 Å². The van der Waals surface area contributed by atoms with Crippen LogP contribution < -0.4 is 21.7 Å². The van der Waals surface area contributed by atoms with Crippen LogP contribution in [0.15, 0.2) is 18.2 Å². The Labute approximate surface area is 88.1 Å². The maximum absolute atomic E-state index is 5.96. The topological polar surface area (TPSA) is 73.3 Å². The van der Waals surface area contributed by atoms with E-state index in [1.807, 2.05) is 13.0 Å². The van der Waals surface area contributed by atoms with Crippen molar-refractivity contribution in [2.24, 2.45) is 11.6 Å². The fourth-order valence-electron chi connectivity index (χ4n) is 1.08. The van der Waals surface area contributed by atoms with Crippen molar-refractivity contribution in [1.82, 2.24) is 5.43 Å². The molecule has 5 N–H and O–H groups in total. The highest BCUT2D eigenvalue weighted by Gasteiger charge is 2.07. The zero-order valence-electron chi connectivity index (χ0n) is 7.96. The Bertz CT molecular complexity index is 306. The van der Waals surface area contributed by atoms with Crippen molar-refractivity contribution < 1.29 is 4.74 Å². The highest BCUT2D eigenvalue weighted by Crippen LogP contribution is 2.26. The van der Waals surface area contributed by atoms with Crippen molar-refractivity contribution in [2.75, 3.05) is 6.61 Å². The van der Waals surface area contributed by atoms with Gasteiger partial charge in [-0.2, -0.15) is 0 Å². The van der Waals surface area contributed by atoms with E-state index in [4.69, 9.17) is 27.9 Å². The molecule has 0 spiro atoms. The minimum Gasteiger partial charge on any atom is -0.492 e. The van der Waals surface area contributed by atoms with Crippen LogP contribution in [-0.4, -0.2) is 6.61 Å². The van der Waals surface area contributed by atoms with E-state index in [-0.39, 0.29) is 0 Å². The van der Waals surface area contributed by atoms with E-state index < -0.39 is 6.17 Å². The molecule has 0 amide bonds. The van der Waals surface area contributed by atoms with Crippen LogP contribution in [0.4, 0.5) is 0 Å². The standard InChI is InChI=1S/C9H14ClN3O/c1-2-14-8-4-3-6(5-7(8)10)9(11)13-12/h3-5,9,13H,2,11-12H2,1H3. The van der Waals surface area contributed by atoms with E-state index in [1.165, 1.54) is 0 Å². The Morgan fingerprint density at radius 3 is 2.79 bits per heavy atom. The van der Waals surface area contributed by atoms with Gasteiger partial charge in [-0.3, -0.25) is 5.84 Å². The van der Waals surface area contributed by atoms with Crippen LogP contribution in [0.1, 0.15) is 18.7 Å². The Kier molecular flexibility index (Phi) is 4.16. The lowest BCUT2D eigenvalue weighted by atomic mass is 10.2. The fourth-order valence-corrected chi connectivity index (χ4v) is 1.32. The molecule has 1 aromatic carbocycles. The third-order valence-corrected chi connectivity index (χ3v) is 2.09. The van der Waals surface area contributed by atoms with Gasteiger partial charge >= 0.3 is 0 Å². The molecule has 1 unspecified atom stereocenters. The van der Waals surface area contributed by atoms with Gasteiger partial charge < -0.3 is 10.5 Å². The lowest BCUT2D eigenvalue weighted by molar-refractivity contribution is 0.340. The summed E-state index contributed by atoms with van der Waals surface area (Å²) < 4.78 is 5.28. The van der Waals surface area contributed by atoms with E-state index in [2.05, 4.69) is 5.43 Å². The first-order chi connectivity index (χ1) is 6.69. The average Bonchev–Trinajstić information content (AvgIpc) is 2.20. The zero-order valence-corrected chi connectivity index (χ0v) is 8.71. The minimum atomic E-state index is -0.414. The summed E-state index contributed by atoms with van der Waals surface area (Å²) in [5, 5.41) is 0.537. The molecular formula is C9H14ClN3O. The predicted octanol–water partition coefficient (Wildman–Crippen LogP) is 1.16. The first kappa shape index (κ1) is 11.3. The van der Waals surface area contributed by atoms with Crippen LogP contribution in [0.2, 0.25) is 5.02 Å². The van der Waals surface area contributed by atoms with Gasteiger partial charge in [-0.1, -0.05) is 17.7 Å². The Hall–Kier alpha value is -0.810. The maximum atomic E-state index is 5.96. The van der Waals surface area contributed by atoms with Gasteiger partial charge in [0.15, 0.2) is 0 Å². The molecule has 1 atom stereocenters. The van der Waals surface area contributed by atoms with Crippen molar-refractivity contribution in [2.45, 2.75) is 13.1 Å². The van der Waals surface area contributed by atoms with Crippen LogP contribution in [0.5, 0.6) is 5.75 Å². The first-order valence-corrected chi connectivity index (χ1v) is 4.70. The molecule has 0 fully saturated rings. The van der Waals surface area contributed by atoms with E-state index in [9.17, 15) is 0 Å². The lowest BCUT2D eigenvalue weighted by Gasteiger charge is -2.12. The third-order valence-electron chi connectivity index (χ3n) is 1.79. The van der Waals surface area contributed by atoms with Gasteiger partial charge in [0.1, 0.15) is 5.75 Å². The van der Waals surface area contributed by atoms with Crippen molar-refractivity contribution in [3.63, 3.8) is 0 Å². The van der Waals surface area contributed by atoms with Gasteiger partial charge in [0, 0.05) is 0 Å². The molecule has 4 nitrogen and oxygen atoms in total. The molecule has 0 aliphatic heterocycles. The number of hydrazine groups is 1. The molecule has 0 aliphatic carbocycles. The average molecular weight is 216 g/mol. The van der Waals surface area contributed by atoms with Crippen molar-refractivity contribution in [3.8, 4) is 5.75 Å². The van der Waals surface area contributed by atoms with Crippen LogP contribution in [0.25, 0.3) is 0 Å². The van der Waals surface area contributed by atoms with Crippen molar-refractivity contribution in [3.05, 3.63) is 28.8 Å². The van der Waals surface area contributed by atoms with Crippen molar-refractivity contribution >= 4 is 11.6 Å². The fraction of sp³-hybridized carbons (Fsp3) is 0.333. The smallest absolute Gasteiger partial charge is 0.137 e. The number of nitrogens with two attached hydrogens (primary N) is 2. The number of nitrogens with one attached hydrogen (secondary N) is 1. The molecule has 0 radical (unpaired) electrons. The largest absolute Gasteiger partial charge is 0.492 e. The van der Waals surface area contributed by atoms with E-state index >= 15 is 0 Å². The predicted molar refractivity (Wildman–Crippen MR) is 56.9 cm³/mol. The highest BCUT2D eigenvalue weighted by atomic mass is 35.5.